The van der Waals surface area contributed by atoms with E-state index in [-0.39, 0.29) is 12.1 Å². The van der Waals surface area contributed by atoms with Crippen molar-refractivity contribution in [2.75, 3.05) is 18.2 Å². The van der Waals surface area contributed by atoms with Crippen LogP contribution in [0.2, 0.25) is 0 Å². The predicted molar refractivity (Wildman–Crippen MR) is 115 cm³/mol. The average molecular weight is 508 g/mol. The number of pyridine rings is 1. The lowest BCUT2D eigenvalue weighted by Gasteiger charge is -2.36. The molecule has 0 saturated heterocycles. The molecule has 1 fully saturated rings. The second kappa shape index (κ2) is 9.21. The molecule has 1 amide bonds. The highest BCUT2D eigenvalue weighted by Crippen LogP contribution is 2.52. The van der Waals surface area contributed by atoms with Crippen LogP contribution < -0.4 is 5.32 Å². The Balaban J connectivity index is 1.69. The number of hydrogen-bond acceptors (Lipinski definition) is 4. The molecule has 1 saturated carbocycles. The smallest absolute Gasteiger partial charge is 0.357 e. The van der Waals surface area contributed by atoms with Gasteiger partial charge in [0.15, 0.2) is 0 Å². The van der Waals surface area contributed by atoms with Gasteiger partial charge in [0.2, 0.25) is 5.91 Å². The Kier molecular flexibility index (Phi) is 7.05. The fourth-order valence-corrected chi connectivity index (χ4v) is 5.34. The molecule has 1 aromatic carbocycles. The van der Waals surface area contributed by atoms with E-state index in [9.17, 15) is 35.3 Å². The number of nitrogens with one attached hydrogen (secondary N) is 1. The van der Waals surface area contributed by atoms with E-state index in [1.165, 1.54) is 12.3 Å². The molecule has 1 heterocycles. The number of halogens is 6. The summed E-state index contributed by atoms with van der Waals surface area (Å²) >= 11 is 0. The van der Waals surface area contributed by atoms with Crippen LogP contribution in [0.1, 0.15) is 24.1 Å². The second-order valence-corrected chi connectivity index (χ2v) is 10.5. The maximum Gasteiger partial charge on any atom is 0.430 e. The van der Waals surface area contributed by atoms with Gasteiger partial charge in [-0.15, -0.1) is 0 Å². The minimum absolute atomic E-state index is 0.00932. The van der Waals surface area contributed by atoms with Crippen LogP contribution in [0.25, 0.3) is 0 Å². The standard InChI is InChI=1S/C22H22F6N2O3S/c1-33-20(21(23,24)25,22(26,27)28)15-5-7-16(8-6-15)30-19(31)11-17-9-10-18(12-29-17)34(2,32)13-14-3-4-14/h5-10,12,14H,2-4,11,13H2,1H3,(H,30,31). The van der Waals surface area contributed by atoms with Crippen LogP contribution in [-0.4, -0.2) is 46.2 Å². The Bertz CT molecular complexity index is 1110. The minimum atomic E-state index is -5.77. The van der Waals surface area contributed by atoms with E-state index in [0.29, 0.717) is 41.5 Å². The molecule has 12 heteroatoms. The number of nitrogens with zero attached hydrogens (tertiary/aromatic N) is 1. The largest absolute Gasteiger partial charge is 0.430 e. The summed E-state index contributed by atoms with van der Waals surface area (Å²) in [6.45, 7) is 0. The Labute approximate surface area is 192 Å². The number of amides is 1. The summed E-state index contributed by atoms with van der Waals surface area (Å²) in [7, 11) is -2.14. The van der Waals surface area contributed by atoms with E-state index < -0.39 is 38.9 Å². The van der Waals surface area contributed by atoms with E-state index in [1.54, 1.807) is 6.07 Å². The number of rotatable bonds is 8. The van der Waals surface area contributed by atoms with Crippen LogP contribution in [0.3, 0.4) is 0 Å². The summed E-state index contributed by atoms with van der Waals surface area (Å²) in [5.74, 6) is 4.08. The lowest BCUT2D eigenvalue weighted by Crippen LogP contribution is -2.55. The van der Waals surface area contributed by atoms with Crippen molar-refractivity contribution in [1.82, 2.24) is 4.98 Å². The summed E-state index contributed by atoms with van der Waals surface area (Å²) in [5.41, 5.74) is -5.34. The maximum absolute atomic E-state index is 13.3. The number of ether oxygens (including phenoxy) is 1. The molecule has 1 N–H and O–H groups in total. The fourth-order valence-electron chi connectivity index (χ4n) is 3.49. The molecule has 0 radical (unpaired) electrons. The van der Waals surface area contributed by atoms with Crippen molar-refractivity contribution in [3.8, 4) is 0 Å². The monoisotopic (exact) mass is 508 g/mol. The number of methoxy groups -OCH3 is 1. The number of anilines is 1. The first-order chi connectivity index (χ1) is 15.7. The molecule has 1 unspecified atom stereocenters. The number of hydrogen-bond donors (Lipinski definition) is 1. The van der Waals surface area contributed by atoms with Gasteiger partial charge in [-0.2, -0.15) is 26.3 Å². The van der Waals surface area contributed by atoms with Gasteiger partial charge in [-0.1, -0.05) is 12.1 Å². The van der Waals surface area contributed by atoms with E-state index in [1.807, 2.05) is 0 Å². The van der Waals surface area contributed by atoms with Gasteiger partial charge in [-0.05, 0) is 58.4 Å². The molecular weight excluding hydrogens is 486 g/mol. The van der Waals surface area contributed by atoms with Crippen molar-refractivity contribution in [1.29, 1.82) is 0 Å². The van der Waals surface area contributed by atoms with Gasteiger partial charge in [0.1, 0.15) is 0 Å². The zero-order valence-corrected chi connectivity index (χ0v) is 18.8. The summed E-state index contributed by atoms with van der Waals surface area (Å²) in [6.07, 6.45) is -8.29. The highest BCUT2D eigenvalue weighted by atomic mass is 32.2. The van der Waals surface area contributed by atoms with E-state index in [4.69, 9.17) is 0 Å². The molecule has 1 atom stereocenters. The minimum Gasteiger partial charge on any atom is -0.357 e. The van der Waals surface area contributed by atoms with Gasteiger partial charge in [0.25, 0.3) is 5.60 Å². The van der Waals surface area contributed by atoms with Crippen LogP contribution >= 0.6 is 0 Å². The highest BCUT2D eigenvalue weighted by Gasteiger charge is 2.72. The van der Waals surface area contributed by atoms with E-state index in [0.717, 1.165) is 25.0 Å². The van der Waals surface area contributed by atoms with Crippen molar-refractivity contribution in [3.05, 3.63) is 53.9 Å². The normalized spacial score (nSPS) is 16.7. The topological polar surface area (TPSA) is 68.3 Å². The number of alkyl halides is 6. The Hall–Kier alpha value is -2.60. The van der Waals surface area contributed by atoms with Crippen LogP contribution in [0.4, 0.5) is 32.0 Å². The van der Waals surface area contributed by atoms with Gasteiger partial charge in [0.05, 0.1) is 6.42 Å². The maximum atomic E-state index is 13.3. The molecule has 1 aliphatic carbocycles. The fraction of sp³-hybridized carbons (Fsp3) is 0.409. The van der Waals surface area contributed by atoms with Gasteiger partial charge < -0.3 is 10.1 Å². The van der Waals surface area contributed by atoms with Crippen LogP contribution in [0.5, 0.6) is 0 Å². The second-order valence-electron chi connectivity index (χ2n) is 8.09. The number of carbonyl (C=O) groups excluding carboxylic acids is 1. The molecule has 186 valence electrons. The van der Waals surface area contributed by atoms with Crippen molar-refractivity contribution >= 4 is 27.0 Å². The Morgan fingerprint density at radius 3 is 2.12 bits per heavy atom. The Morgan fingerprint density at radius 1 is 1.09 bits per heavy atom. The molecule has 0 aliphatic heterocycles. The summed E-state index contributed by atoms with van der Waals surface area (Å²) < 4.78 is 96.6. The first-order valence-electron chi connectivity index (χ1n) is 10.1. The molecule has 5 nitrogen and oxygen atoms in total. The molecule has 3 rings (SSSR count). The van der Waals surface area contributed by atoms with E-state index in [2.05, 4.69) is 20.9 Å². The predicted octanol–water partition coefficient (Wildman–Crippen LogP) is 4.71. The van der Waals surface area contributed by atoms with Gasteiger partial charge >= 0.3 is 12.4 Å². The van der Waals surface area contributed by atoms with Gasteiger partial charge in [-0.3, -0.25) is 14.0 Å². The van der Waals surface area contributed by atoms with Crippen LogP contribution in [-0.2, 0) is 31.1 Å². The molecule has 1 aliphatic rings. The van der Waals surface area contributed by atoms with E-state index >= 15 is 0 Å². The highest BCUT2D eigenvalue weighted by molar-refractivity contribution is 8.00. The van der Waals surface area contributed by atoms with Crippen molar-refractivity contribution in [2.45, 2.75) is 42.1 Å². The number of benzene rings is 1. The summed E-state index contributed by atoms with van der Waals surface area (Å²) in [6, 6.07) is 6.14. The lowest BCUT2D eigenvalue weighted by atomic mass is 9.91. The first-order valence-corrected chi connectivity index (χ1v) is 12.0. The third-order valence-corrected chi connectivity index (χ3v) is 7.56. The SMILES string of the molecule is C=S(=O)(CC1CC1)c1ccc(CC(=O)Nc2ccc(C(OC)(C(F)(F)F)C(F)(F)F)cc2)nc1. The number of aromatic nitrogens is 1. The van der Waals surface area contributed by atoms with Gasteiger partial charge in [0, 0.05) is 40.9 Å². The molecular formula is C22H22F6N2O3S. The molecule has 34 heavy (non-hydrogen) atoms. The van der Waals surface area contributed by atoms with Crippen molar-refractivity contribution in [2.24, 2.45) is 5.92 Å². The first kappa shape index (κ1) is 26.0. The quantitative estimate of drug-likeness (QED) is 0.414. The van der Waals surface area contributed by atoms with Crippen molar-refractivity contribution < 1.29 is 40.1 Å². The zero-order chi connectivity index (χ0) is 25.4. The third kappa shape index (κ3) is 5.38. The summed E-state index contributed by atoms with van der Waals surface area (Å²) in [4.78, 5) is 16.9. The third-order valence-electron chi connectivity index (χ3n) is 5.45. The molecule has 1 aromatic heterocycles. The molecule has 0 bridgehead atoms. The number of carbonyl (C=O) groups is 1. The average Bonchev–Trinajstić information content (AvgIpc) is 3.51. The summed E-state index contributed by atoms with van der Waals surface area (Å²) in [5, 5.41) is 2.39. The Morgan fingerprint density at radius 2 is 1.68 bits per heavy atom. The molecule has 2 aromatic rings. The van der Waals surface area contributed by atoms with Gasteiger partial charge in [-0.25, -0.2) is 0 Å². The van der Waals surface area contributed by atoms with Crippen LogP contribution in [0, 0.1) is 5.92 Å². The molecule has 0 spiro atoms. The van der Waals surface area contributed by atoms with Crippen LogP contribution in [0.15, 0.2) is 47.5 Å². The lowest BCUT2D eigenvalue weighted by molar-refractivity contribution is -0.383. The van der Waals surface area contributed by atoms with Crippen molar-refractivity contribution in [3.63, 3.8) is 0 Å². The zero-order valence-electron chi connectivity index (χ0n) is 18.0.